The molecule has 8 heteroatoms. The van der Waals surface area contributed by atoms with Gasteiger partial charge in [-0.1, -0.05) is 0 Å². The van der Waals surface area contributed by atoms with E-state index in [0.29, 0.717) is 12.1 Å². The van der Waals surface area contributed by atoms with Crippen LogP contribution in [0.15, 0.2) is 12.1 Å². The number of halogens is 4. The van der Waals surface area contributed by atoms with Crippen LogP contribution in [0.5, 0.6) is 5.75 Å². The molecule has 0 unspecified atom stereocenters. The van der Waals surface area contributed by atoms with Crippen molar-refractivity contribution in [2.75, 3.05) is 0 Å². The van der Waals surface area contributed by atoms with Gasteiger partial charge < -0.3 is 4.74 Å². The van der Waals surface area contributed by atoms with E-state index in [9.17, 15) is 27.7 Å². The van der Waals surface area contributed by atoms with Crippen molar-refractivity contribution in [3.63, 3.8) is 0 Å². The first kappa shape index (κ1) is 12.2. The Hall–Kier alpha value is -1.86. The molecular formula is C8H5F4NO3. The second-order valence-corrected chi connectivity index (χ2v) is 2.83. The third-order valence-corrected chi connectivity index (χ3v) is 1.74. The minimum Gasteiger partial charge on any atom is -0.405 e. The quantitative estimate of drug-likeness (QED) is 0.453. The molecular weight excluding hydrogens is 234 g/mol. The molecule has 0 aliphatic rings. The Balaban J connectivity index is 3.17. The van der Waals surface area contributed by atoms with Gasteiger partial charge in [0.2, 0.25) is 5.82 Å². The lowest BCUT2D eigenvalue weighted by Gasteiger charge is -2.11. The third kappa shape index (κ3) is 2.59. The molecule has 0 aromatic heterocycles. The lowest BCUT2D eigenvalue weighted by Crippen LogP contribution is -2.18. The summed E-state index contributed by atoms with van der Waals surface area (Å²) in [5, 5.41) is 10.3. The molecule has 0 bridgehead atoms. The lowest BCUT2D eigenvalue weighted by atomic mass is 10.2. The largest absolute Gasteiger partial charge is 0.573 e. The first-order valence-corrected chi connectivity index (χ1v) is 3.91. The SMILES string of the molecule is Cc1c(OC(F)(F)F)ccc([N+](=O)[O-])c1F. The van der Waals surface area contributed by atoms with E-state index in [1.165, 1.54) is 0 Å². The van der Waals surface area contributed by atoms with Crippen LogP contribution in [0.1, 0.15) is 5.56 Å². The normalized spacial score (nSPS) is 11.3. The summed E-state index contributed by atoms with van der Waals surface area (Å²) in [5.74, 6) is -2.14. The van der Waals surface area contributed by atoms with Gasteiger partial charge in [0.05, 0.1) is 4.92 Å². The van der Waals surface area contributed by atoms with Crippen molar-refractivity contribution < 1.29 is 27.2 Å². The maximum absolute atomic E-state index is 13.2. The van der Waals surface area contributed by atoms with E-state index in [0.717, 1.165) is 6.92 Å². The smallest absolute Gasteiger partial charge is 0.405 e. The molecule has 1 aromatic carbocycles. The van der Waals surface area contributed by atoms with E-state index in [-0.39, 0.29) is 0 Å². The van der Waals surface area contributed by atoms with Gasteiger partial charge in [0.1, 0.15) is 5.75 Å². The van der Waals surface area contributed by atoms with Gasteiger partial charge in [-0.15, -0.1) is 13.2 Å². The average Bonchev–Trinajstić information content (AvgIpc) is 2.10. The number of benzene rings is 1. The minimum absolute atomic E-state index is 0.563. The van der Waals surface area contributed by atoms with Gasteiger partial charge in [0.25, 0.3) is 0 Å². The summed E-state index contributed by atoms with van der Waals surface area (Å²) in [7, 11) is 0. The molecule has 16 heavy (non-hydrogen) atoms. The zero-order valence-corrected chi connectivity index (χ0v) is 7.84. The Morgan fingerprint density at radius 1 is 1.38 bits per heavy atom. The van der Waals surface area contributed by atoms with Gasteiger partial charge in [-0.2, -0.15) is 4.39 Å². The molecule has 0 saturated heterocycles. The number of hydrogen-bond donors (Lipinski definition) is 0. The lowest BCUT2D eigenvalue weighted by molar-refractivity contribution is -0.387. The Morgan fingerprint density at radius 3 is 2.38 bits per heavy atom. The van der Waals surface area contributed by atoms with Gasteiger partial charge in [-0.3, -0.25) is 10.1 Å². The third-order valence-electron chi connectivity index (χ3n) is 1.74. The Morgan fingerprint density at radius 2 is 1.94 bits per heavy atom. The van der Waals surface area contributed by atoms with Crippen LogP contribution in [0.3, 0.4) is 0 Å². The number of nitrogens with zero attached hydrogens (tertiary/aromatic N) is 1. The molecule has 0 fully saturated rings. The average molecular weight is 239 g/mol. The fourth-order valence-corrected chi connectivity index (χ4v) is 1.03. The fraction of sp³-hybridized carbons (Fsp3) is 0.250. The van der Waals surface area contributed by atoms with Gasteiger partial charge in [-0.05, 0) is 13.0 Å². The maximum Gasteiger partial charge on any atom is 0.573 e. The zero-order chi connectivity index (χ0) is 12.5. The highest BCUT2D eigenvalue weighted by Gasteiger charge is 2.33. The van der Waals surface area contributed by atoms with E-state index in [1.54, 1.807) is 0 Å². The van der Waals surface area contributed by atoms with Gasteiger partial charge >= 0.3 is 12.0 Å². The van der Waals surface area contributed by atoms with Crippen LogP contribution in [-0.4, -0.2) is 11.3 Å². The topological polar surface area (TPSA) is 52.4 Å². The molecule has 0 N–H and O–H groups in total. The molecule has 0 spiro atoms. The minimum atomic E-state index is -4.96. The molecule has 88 valence electrons. The number of hydrogen-bond acceptors (Lipinski definition) is 3. The molecule has 1 rings (SSSR count). The Labute approximate surface area is 86.6 Å². The second kappa shape index (κ2) is 3.95. The number of alkyl halides is 3. The van der Waals surface area contributed by atoms with Crippen molar-refractivity contribution >= 4 is 5.69 Å². The molecule has 0 aliphatic heterocycles. The first-order valence-electron chi connectivity index (χ1n) is 3.91. The zero-order valence-electron chi connectivity index (χ0n) is 7.84. The summed E-state index contributed by atoms with van der Waals surface area (Å²) in [6, 6.07) is 1.31. The predicted molar refractivity (Wildman–Crippen MR) is 44.5 cm³/mol. The van der Waals surface area contributed by atoms with Gasteiger partial charge in [0, 0.05) is 11.6 Å². The molecule has 0 saturated carbocycles. The number of ether oxygens (including phenoxy) is 1. The van der Waals surface area contributed by atoms with Gasteiger partial charge in [-0.25, -0.2) is 0 Å². The molecule has 0 aliphatic carbocycles. The van der Waals surface area contributed by atoms with E-state index in [4.69, 9.17) is 0 Å². The van der Waals surface area contributed by atoms with Crippen LogP contribution in [-0.2, 0) is 0 Å². The summed E-state index contributed by atoms with van der Waals surface area (Å²) >= 11 is 0. The summed E-state index contributed by atoms with van der Waals surface area (Å²) in [6.45, 7) is 0.962. The monoisotopic (exact) mass is 239 g/mol. The summed E-state index contributed by atoms with van der Waals surface area (Å²) < 4.78 is 52.2. The van der Waals surface area contributed by atoms with Crippen molar-refractivity contribution in [3.8, 4) is 5.75 Å². The van der Waals surface area contributed by atoms with Crippen LogP contribution in [0.25, 0.3) is 0 Å². The Bertz CT molecular complexity index is 430. The van der Waals surface area contributed by atoms with E-state index < -0.39 is 34.1 Å². The van der Waals surface area contributed by atoms with Gasteiger partial charge in [0.15, 0.2) is 0 Å². The van der Waals surface area contributed by atoms with Crippen molar-refractivity contribution in [2.45, 2.75) is 13.3 Å². The number of nitro benzene ring substituents is 1. The van der Waals surface area contributed by atoms with Crippen LogP contribution in [0, 0.1) is 22.9 Å². The molecule has 1 aromatic rings. The molecule has 0 amide bonds. The van der Waals surface area contributed by atoms with Crippen molar-refractivity contribution in [2.24, 2.45) is 0 Å². The number of rotatable bonds is 2. The molecule has 4 nitrogen and oxygen atoms in total. The molecule has 0 radical (unpaired) electrons. The fourth-order valence-electron chi connectivity index (χ4n) is 1.03. The summed E-state index contributed by atoms with van der Waals surface area (Å²) in [4.78, 5) is 9.24. The van der Waals surface area contributed by atoms with Crippen molar-refractivity contribution in [1.29, 1.82) is 0 Å². The molecule has 0 heterocycles. The van der Waals surface area contributed by atoms with E-state index in [1.807, 2.05) is 0 Å². The molecule has 0 atom stereocenters. The van der Waals surface area contributed by atoms with E-state index >= 15 is 0 Å². The summed E-state index contributed by atoms with van der Waals surface area (Å²) in [6.07, 6.45) is -4.96. The first-order chi connectivity index (χ1) is 7.22. The highest BCUT2D eigenvalue weighted by molar-refractivity contribution is 5.44. The second-order valence-electron chi connectivity index (χ2n) is 2.83. The standard InChI is InChI=1S/C8H5F4NO3/c1-4-6(16-8(10,11)12)3-2-5(7(4)9)13(14)15/h2-3H,1H3. The van der Waals surface area contributed by atoms with Crippen LogP contribution < -0.4 is 4.74 Å². The predicted octanol–water partition coefficient (Wildman–Crippen LogP) is 2.94. The van der Waals surface area contributed by atoms with Crippen molar-refractivity contribution in [1.82, 2.24) is 0 Å². The van der Waals surface area contributed by atoms with Crippen LogP contribution in [0.2, 0.25) is 0 Å². The highest BCUT2D eigenvalue weighted by atomic mass is 19.4. The maximum atomic E-state index is 13.2. The van der Waals surface area contributed by atoms with Crippen molar-refractivity contribution in [3.05, 3.63) is 33.6 Å². The number of nitro groups is 1. The summed E-state index contributed by atoms with van der Waals surface area (Å²) in [5.41, 5.74) is -1.46. The van der Waals surface area contributed by atoms with Crippen LogP contribution in [0.4, 0.5) is 23.2 Å². The highest BCUT2D eigenvalue weighted by Crippen LogP contribution is 2.31. The van der Waals surface area contributed by atoms with E-state index in [2.05, 4.69) is 4.74 Å². The van der Waals surface area contributed by atoms with Crippen LogP contribution >= 0.6 is 0 Å². The Kier molecular flexibility index (Phi) is 3.02.